The lowest BCUT2D eigenvalue weighted by molar-refractivity contribution is 0.259. The zero-order valence-corrected chi connectivity index (χ0v) is 11.0. The molecule has 0 amide bonds. The van der Waals surface area contributed by atoms with Gasteiger partial charge in [0, 0.05) is 28.8 Å². The Morgan fingerprint density at radius 3 is 2.94 bits per heavy atom. The molecule has 0 saturated carbocycles. The number of ether oxygens (including phenoxy) is 1. The molecule has 0 atom stereocenters. The van der Waals surface area contributed by atoms with Crippen LogP contribution in [0, 0.1) is 0 Å². The summed E-state index contributed by atoms with van der Waals surface area (Å²) in [6.45, 7) is 0.407. The first-order valence-corrected chi connectivity index (χ1v) is 5.98. The van der Waals surface area contributed by atoms with Crippen LogP contribution in [0.1, 0.15) is 11.1 Å². The van der Waals surface area contributed by atoms with E-state index in [2.05, 4.69) is 21.0 Å². The highest BCUT2D eigenvalue weighted by Crippen LogP contribution is 2.24. The normalized spacial score (nSPS) is 10.5. The van der Waals surface area contributed by atoms with E-state index in [0.717, 1.165) is 15.6 Å². The maximum absolute atomic E-state index is 9.23. The van der Waals surface area contributed by atoms with Crippen LogP contribution in [0.25, 0.3) is 0 Å². The molecule has 0 spiro atoms. The molecule has 90 valence electrons. The van der Waals surface area contributed by atoms with Gasteiger partial charge >= 0.3 is 0 Å². The second-order valence-electron chi connectivity index (χ2n) is 3.72. The summed E-state index contributed by atoms with van der Waals surface area (Å²) < 4.78 is 8.30. The first kappa shape index (κ1) is 12.1. The van der Waals surface area contributed by atoms with Crippen LogP contribution in [-0.4, -0.2) is 14.9 Å². The summed E-state index contributed by atoms with van der Waals surface area (Å²) in [5.41, 5.74) is 1.77. The Morgan fingerprint density at radius 2 is 2.29 bits per heavy atom. The Balaban J connectivity index is 2.08. The number of hydrogen-bond donors (Lipinski definition) is 1. The highest BCUT2D eigenvalue weighted by molar-refractivity contribution is 9.10. The number of benzene rings is 1. The Labute approximate surface area is 108 Å². The van der Waals surface area contributed by atoms with E-state index in [-0.39, 0.29) is 6.61 Å². The molecule has 17 heavy (non-hydrogen) atoms. The van der Waals surface area contributed by atoms with Crippen molar-refractivity contribution >= 4 is 15.9 Å². The fourth-order valence-electron chi connectivity index (χ4n) is 1.52. The summed E-state index contributed by atoms with van der Waals surface area (Å²) in [5.74, 6) is 0.694. The van der Waals surface area contributed by atoms with Gasteiger partial charge in [0.1, 0.15) is 12.4 Å². The number of halogens is 1. The van der Waals surface area contributed by atoms with Crippen molar-refractivity contribution in [2.75, 3.05) is 0 Å². The summed E-state index contributed by atoms with van der Waals surface area (Å²) in [4.78, 5) is 0. The van der Waals surface area contributed by atoms with Crippen molar-refractivity contribution in [3.63, 3.8) is 0 Å². The lowest BCUT2D eigenvalue weighted by atomic mass is 10.2. The van der Waals surface area contributed by atoms with Crippen LogP contribution in [-0.2, 0) is 20.3 Å². The largest absolute Gasteiger partial charge is 0.488 e. The SMILES string of the molecule is Cn1cc(COc2ccc(Br)cc2CO)cn1. The van der Waals surface area contributed by atoms with Crippen molar-refractivity contribution < 1.29 is 9.84 Å². The fraction of sp³-hybridized carbons (Fsp3) is 0.250. The number of hydrogen-bond acceptors (Lipinski definition) is 3. The molecule has 0 bridgehead atoms. The lowest BCUT2D eigenvalue weighted by Crippen LogP contribution is -1.98. The summed E-state index contributed by atoms with van der Waals surface area (Å²) in [6, 6.07) is 5.57. The van der Waals surface area contributed by atoms with Crippen LogP contribution in [0.2, 0.25) is 0 Å². The lowest BCUT2D eigenvalue weighted by Gasteiger charge is -2.09. The second-order valence-corrected chi connectivity index (χ2v) is 4.64. The predicted octanol–water partition coefficient (Wildman–Crippen LogP) is 2.25. The van der Waals surface area contributed by atoms with Crippen LogP contribution < -0.4 is 4.74 Å². The van der Waals surface area contributed by atoms with Crippen molar-refractivity contribution in [1.82, 2.24) is 9.78 Å². The minimum Gasteiger partial charge on any atom is -0.488 e. The van der Waals surface area contributed by atoms with E-state index in [1.54, 1.807) is 10.9 Å². The van der Waals surface area contributed by atoms with Crippen molar-refractivity contribution in [2.45, 2.75) is 13.2 Å². The van der Waals surface area contributed by atoms with Crippen LogP contribution in [0.15, 0.2) is 35.1 Å². The molecule has 0 saturated heterocycles. The van der Waals surface area contributed by atoms with E-state index >= 15 is 0 Å². The molecule has 1 aromatic heterocycles. The molecule has 0 radical (unpaired) electrons. The van der Waals surface area contributed by atoms with E-state index in [1.807, 2.05) is 31.4 Å². The first-order valence-electron chi connectivity index (χ1n) is 5.18. The number of aromatic nitrogens is 2. The molecule has 0 aliphatic carbocycles. The maximum Gasteiger partial charge on any atom is 0.125 e. The van der Waals surface area contributed by atoms with E-state index < -0.39 is 0 Å². The van der Waals surface area contributed by atoms with Gasteiger partial charge in [-0.15, -0.1) is 0 Å². The van der Waals surface area contributed by atoms with Gasteiger partial charge < -0.3 is 9.84 Å². The van der Waals surface area contributed by atoms with Gasteiger partial charge in [-0.25, -0.2) is 0 Å². The van der Waals surface area contributed by atoms with Crippen LogP contribution in [0.5, 0.6) is 5.75 Å². The molecule has 5 heteroatoms. The minimum atomic E-state index is -0.0399. The highest BCUT2D eigenvalue weighted by Gasteiger charge is 2.04. The zero-order chi connectivity index (χ0) is 12.3. The quantitative estimate of drug-likeness (QED) is 0.941. The third-order valence-electron chi connectivity index (χ3n) is 2.35. The first-order chi connectivity index (χ1) is 8.19. The average Bonchev–Trinajstić information content (AvgIpc) is 2.73. The molecular weight excluding hydrogens is 284 g/mol. The number of aliphatic hydroxyl groups is 1. The average molecular weight is 297 g/mol. The Hall–Kier alpha value is -1.33. The van der Waals surface area contributed by atoms with Crippen LogP contribution >= 0.6 is 15.9 Å². The number of aliphatic hydroxyl groups excluding tert-OH is 1. The second kappa shape index (κ2) is 5.33. The van der Waals surface area contributed by atoms with Crippen molar-refractivity contribution in [3.8, 4) is 5.75 Å². The standard InChI is InChI=1S/C12H13BrN2O2/c1-15-6-9(5-14-15)8-17-12-3-2-11(13)4-10(12)7-16/h2-6,16H,7-8H2,1H3. The molecule has 4 nitrogen and oxygen atoms in total. The van der Waals surface area contributed by atoms with E-state index in [9.17, 15) is 5.11 Å². The minimum absolute atomic E-state index is 0.0399. The van der Waals surface area contributed by atoms with Gasteiger partial charge in [-0.1, -0.05) is 15.9 Å². The summed E-state index contributed by atoms with van der Waals surface area (Å²) in [7, 11) is 1.86. The summed E-state index contributed by atoms with van der Waals surface area (Å²) >= 11 is 3.36. The molecule has 0 aliphatic heterocycles. The third-order valence-corrected chi connectivity index (χ3v) is 2.84. The monoisotopic (exact) mass is 296 g/mol. The van der Waals surface area contributed by atoms with Crippen molar-refractivity contribution in [2.24, 2.45) is 7.05 Å². The topological polar surface area (TPSA) is 47.3 Å². The molecule has 1 N–H and O–H groups in total. The Bertz CT molecular complexity index is 511. The summed E-state index contributed by atoms with van der Waals surface area (Å²) in [6.07, 6.45) is 3.66. The van der Waals surface area contributed by atoms with Gasteiger partial charge in [0.2, 0.25) is 0 Å². The highest BCUT2D eigenvalue weighted by atomic mass is 79.9. The van der Waals surface area contributed by atoms with Crippen LogP contribution in [0.3, 0.4) is 0 Å². The molecule has 2 aromatic rings. The van der Waals surface area contributed by atoms with Crippen molar-refractivity contribution in [3.05, 3.63) is 46.2 Å². The molecular formula is C12H13BrN2O2. The zero-order valence-electron chi connectivity index (χ0n) is 9.43. The van der Waals surface area contributed by atoms with Crippen molar-refractivity contribution in [1.29, 1.82) is 0 Å². The smallest absolute Gasteiger partial charge is 0.125 e. The molecule has 1 heterocycles. The number of nitrogens with zero attached hydrogens (tertiary/aromatic N) is 2. The van der Waals surface area contributed by atoms with Gasteiger partial charge in [0.05, 0.1) is 12.8 Å². The number of aryl methyl sites for hydroxylation is 1. The van der Waals surface area contributed by atoms with Gasteiger partial charge in [-0.3, -0.25) is 4.68 Å². The Kier molecular flexibility index (Phi) is 3.81. The molecule has 1 aromatic carbocycles. The van der Waals surface area contributed by atoms with Gasteiger partial charge in [0.15, 0.2) is 0 Å². The van der Waals surface area contributed by atoms with Gasteiger partial charge in [-0.2, -0.15) is 5.10 Å². The van der Waals surface area contributed by atoms with E-state index in [4.69, 9.17) is 4.74 Å². The molecule has 0 fully saturated rings. The molecule has 0 unspecified atom stereocenters. The number of rotatable bonds is 4. The van der Waals surface area contributed by atoms with Gasteiger partial charge in [-0.05, 0) is 18.2 Å². The maximum atomic E-state index is 9.23. The molecule has 2 rings (SSSR count). The third kappa shape index (κ3) is 3.08. The summed E-state index contributed by atoms with van der Waals surface area (Å²) in [5, 5.41) is 13.3. The fourth-order valence-corrected chi connectivity index (χ4v) is 1.93. The van der Waals surface area contributed by atoms with E-state index in [0.29, 0.717) is 12.4 Å². The van der Waals surface area contributed by atoms with Crippen LogP contribution in [0.4, 0.5) is 0 Å². The molecule has 0 aliphatic rings. The Morgan fingerprint density at radius 1 is 1.47 bits per heavy atom. The van der Waals surface area contributed by atoms with Gasteiger partial charge in [0.25, 0.3) is 0 Å². The van der Waals surface area contributed by atoms with E-state index in [1.165, 1.54) is 0 Å². The predicted molar refractivity (Wildman–Crippen MR) is 67.6 cm³/mol.